The molecule has 0 bridgehead atoms. The molecule has 0 aliphatic rings. The average molecular weight is 289 g/mol. The number of benzene rings is 2. The predicted molar refractivity (Wildman–Crippen MR) is 82.1 cm³/mol. The van der Waals surface area contributed by atoms with Crippen LogP contribution in [0, 0.1) is 11.6 Å². The molecule has 0 saturated heterocycles. The molecule has 1 atom stereocenters. The number of hydrogen-bond acceptors (Lipinski definition) is 1. The van der Waals surface area contributed by atoms with Gasteiger partial charge in [-0.3, -0.25) is 0 Å². The first-order chi connectivity index (χ1) is 9.79. The molecule has 2 rings (SSSR count). The Hall–Kier alpha value is -1.74. The van der Waals surface area contributed by atoms with Gasteiger partial charge in [0.15, 0.2) is 11.6 Å². The summed E-state index contributed by atoms with van der Waals surface area (Å²) in [6.07, 6.45) is 0.477. The van der Waals surface area contributed by atoms with Crippen molar-refractivity contribution < 1.29 is 8.78 Å². The molecule has 2 aromatic rings. The average Bonchev–Trinajstić information content (AvgIpc) is 2.41. The topological polar surface area (TPSA) is 26.0 Å². The van der Waals surface area contributed by atoms with Crippen LogP contribution in [0.15, 0.2) is 42.5 Å². The van der Waals surface area contributed by atoms with Crippen LogP contribution in [0.25, 0.3) is 0 Å². The summed E-state index contributed by atoms with van der Waals surface area (Å²) in [5.41, 5.74) is 8.57. The van der Waals surface area contributed by atoms with Gasteiger partial charge in [-0.25, -0.2) is 8.78 Å². The van der Waals surface area contributed by atoms with Crippen molar-refractivity contribution in [3.05, 3.63) is 70.8 Å². The van der Waals surface area contributed by atoms with E-state index in [9.17, 15) is 8.78 Å². The number of rotatable bonds is 3. The van der Waals surface area contributed by atoms with Crippen LogP contribution in [0.5, 0.6) is 0 Å². The normalized spacial score (nSPS) is 13.2. The Labute approximate surface area is 124 Å². The standard InChI is InChI=1S/C18H21F2N/c1-18(2,3)13-9-7-12(8-10-13)11-16(21)14-5-4-6-15(19)17(14)20/h4-10,16H,11,21H2,1-3H3. The maximum Gasteiger partial charge on any atom is 0.163 e. The monoisotopic (exact) mass is 289 g/mol. The lowest BCUT2D eigenvalue weighted by atomic mass is 9.86. The number of halogens is 2. The maximum absolute atomic E-state index is 13.7. The third-order valence-electron chi connectivity index (χ3n) is 3.66. The minimum Gasteiger partial charge on any atom is -0.324 e. The van der Waals surface area contributed by atoms with Gasteiger partial charge in [0.25, 0.3) is 0 Å². The van der Waals surface area contributed by atoms with E-state index in [4.69, 9.17) is 5.73 Å². The molecule has 112 valence electrons. The zero-order chi connectivity index (χ0) is 15.6. The van der Waals surface area contributed by atoms with Crippen LogP contribution < -0.4 is 5.73 Å². The molecule has 2 aromatic carbocycles. The largest absolute Gasteiger partial charge is 0.324 e. The summed E-state index contributed by atoms with van der Waals surface area (Å²) in [6, 6.07) is 11.7. The Bertz CT molecular complexity index is 612. The van der Waals surface area contributed by atoms with Crippen molar-refractivity contribution in [1.29, 1.82) is 0 Å². The zero-order valence-corrected chi connectivity index (χ0v) is 12.7. The Morgan fingerprint density at radius 3 is 2.19 bits per heavy atom. The van der Waals surface area contributed by atoms with E-state index in [-0.39, 0.29) is 11.0 Å². The first-order valence-electron chi connectivity index (χ1n) is 7.08. The van der Waals surface area contributed by atoms with Gasteiger partial charge in [0.1, 0.15) is 0 Å². The lowest BCUT2D eigenvalue weighted by Crippen LogP contribution is -2.16. The van der Waals surface area contributed by atoms with Crippen molar-refractivity contribution in [2.24, 2.45) is 5.73 Å². The molecular weight excluding hydrogens is 268 g/mol. The van der Waals surface area contributed by atoms with Crippen LogP contribution in [0.2, 0.25) is 0 Å². The molecule has 3 heteroatoms. The molecule has 21 heavy (non-hydrogen) atoms. The van der Waals surface area contributed by atoms with Crippen molar-refractivity contribution >= 4 is 0 Å². The van der Waals surface area contributed by atoms with E-state index in [0.29, 0.717) is 6.42 Å². The highest BCUT2D eigenvalue weighted by molar-refractivity contribution is 5.30. The van der Waals surface area contributed by atoms with Crippen LogP contribution in [0.3, 0.4) is 0 Å². The van der Waals surface area contributed by atoms with Crippen molar-refractivity contribution in [2.45, 2.75) is 38.6 Å². The lowest BCUT2D eigenvalue weighted by Gasteiger charge is -2.20. The van der Waals surface area contributed by atoms with Crippen LogP contribution in [-0.4, -0.2) is 0 Å². The third-order valence-corrected chi connectivity index (χ3v) is 3.66. The molecule has 0 spiro atoms. The van der Waals surface area contributed by atoms with Gasteiger partial charge in [-0.1, -0.05) is 57.2 Å². The molecular formula is C18H21F2N. The SMILES string of the molecule is CC(C)(C)c1ccc(CC(N)c2cccc(F)c2F)cc1. The van der Waals surface area contributed by atoms with Crippen molar-refractivity contribution in [3.63, 3.8) is 0 Å². The predicted octanol–water partition coefficient (Wildman–Crippen LogP) is 4.50. The van der Waals surface area contributed by atoms with Crippen LogP contribution in [0.1, 0.15) is 43.5 Å². The Morgan fingerprint density at radius 2 is 1.62 bits per heavy atom. The molecule has 0 fully saturated rings. The van der Waals surface area contributed by atoms with E-state index >= 15 is 0 Å². The molecule has 2 N–H and O–H groups in total. The molecule has 1 unspecified atom stereocenters. The second-order valence-corrected chi connectivity index (χ2v) is 6.40. The molecule has 0 aliphatic heterocycles. The van der Waals surface area contributed by atoms with Gasteiger partial charge in [0, 0.05) is 11.6 Å². The van der Waals surface area contributed by atoms with Gasteiger partial charge in [0.2, 0.25) is 0 Å². The van der Waals surface area contributed by atoms with Gasteiger partial charge in [-0.15, -0.1) is 0 Å². The van der Waals surface area contributed by atoms with E-state index in [1.807, 2.05) is 12.1 Å². The molecule has 0 aliphatic carbocycles. The van der Waals surface area contributed by atoms with E-state index < -0.39 is 17.7 Å². The Morgan fingerprint density at radius 1 is 1.00 bits per heavy atom. The molecule has 0 aromatic heterocycles. The summed E-state index contributed by atoms with van der Waals surface area (Å²) in [5, 5.41) is 0. The Kier molecular flexibility index (Phi) is 4.43. The summed E-state index contributed by atoms with van der Waals surface area (Å²) in [6.45, 7) is 6.45. The van der Waals surface area contributed by atoms with E-state index in [2.05, 4.69) is 32.9 Å². The van der Waals surface area contributed by atoms with Crippen LogP contribution >= 0.6 is 0 Å². The lowest BCUT2D eigenvalue weighted by molar-refractivity contribution is 0.488. The summed E-state index contributed by atoms with van der Waals surface area (Å²) in [7, 11) is 0. The molecule has 1 nitrogen and oxygen atoms in total. The Balaban J connectivity index is 2.16. The maximum atomic E-state index is 13.7. The van der Waals surface area contributed by atoms with E-state index in [1.54, 1.807) is 0 Å². The highest BCUT2D eigenvalue weighted by atomic mass is 19.2. The summed E-state index contributed by atoms with van der Waals surface area (Å²) < 4.78 is 27.0. The van der Waals surface area contributed by atoms with Gasteiger partial charge in [-0.2, -0.15) is 0 Å². The molecule has 0 amide bonds. The number of hydrogen-bond donors (Lipinski definition) is 1. The second kappa shape index (κ2) is 5.94. The zero-order valence-electron chi connectivity index (χ0n) is 12.7. The second-order valence-electron chi connectivity index (χ2n) is 6.40. The van der Waals surface area contributed by atoms with E-state index in [1.165, 1.54) is 17.7 Å². The summed E-state index contributed by atoms with van der Waals surface area (Å²) >= 11 is 0. The quantitative estimate of drug-likeness (QED) is 0.884. The van der Waals surface area contributed by atoms with Gasteiger partial charge < -0.3 is 5.73 Å². The molecule has 0 saturated carbocycles. The third kappa shape index (κ3) is 3.67. The summed E-state index contributed by atoms with van der Waals surface area (Å²) in [5.74, 6) is -1.71. The fourth-order valence-electron chi connectivity index (χ4n) is 2.31. The van der Waals surface area contributed by atoms with Gasteiger partial charge in [-0.05, 0) is 29.0 Å². The van der Waals surface area contributed by atoms with Crippen molar-refractivity contribution in [1.82, 2.24) is 0 Å². The van der Waals surface area contributed by atoms with E-state index in [0.717, 1.165) is 11.6 Å². The van der Waals surface area contributed by atoms with Gasteiger partial charge >= 0.3 is 0 Å². The first kappa shape index (κ1) is 15.6. The summed E-state index contributed by atoms with van der Waals surface area (Å²) in [4.78, 5) is 0. The van der Waals surface area contributed by atoms with Crippen LogP contribution in [0.4, 0.5) is 8.78 Å². The molecule has 0 heterocycles. The minimum atomic E-state index is -0.856. The van der Waals surface area contributed by atoms with Crippen molar-refractivity contribution in [2.75, 3.05) is 0 Å². The fourth-order valence-corrected chi connectivity index (χ4v) is 2.31. The van der Waals surface area contributed by atoms with Crippen LogP contribution in [-0.2, 0) is 11.8 Å². The highest BCUT2D eigenvalue weighted by Gasteiger charge is 2.16. The first-order valence-corrected chi connectivity index (χ1v) is 7.08. The van der Waals surface area contributed by atoms with Crippen molar-refractivity contribution in [3.8, 4) is 0 Å². The fraction of sp³-hybridized carbons (Fsp3) is 0.333. The highest BCUT2D eigenvalue weighted by Crippen LogP contribution is 2.24. The number of nitrogens with two attached hydrogens (primary N) is 1. The molecule has 0 radical (unpaired) electrons. The smallest absolute Gasteiger partial charge is 0.163 e. The minimum absolute atomic E-state index is 0.0926. The van der Waals surface area contributed by atoms with Gasteiger partial charge in [0.05, 0.1) is 0 Å².